The minimum absolute atomic E-state index is 0.501. The van der Waals surface area contributed by atoms with Gasteiger partial charge in [-0.15, -0.1) is 0 Å². The van der Waals surface area contributed by atoms with Gasteiger partial charge in [-0.1, -0.05) is 24.6 Å². The Balaban J connectivity index is 2.69. The first kappa shape index (κ1) is 12.1. The predicted molar refractivity (Wildman–Crippen MR) is 63.0 cm³/mol. The Bertz CT molecular complexity index is 354. The molecule has 3 heteroatoms. The molecule has 2 nitrogen and oxygen atoms in total. The second-order valence-corrected chi connectivity index (χ2v) is 4.75. The Morgan fingerprint density at radius 2 is 2.00 bits per heavy atom. The van der Waals surface area contributed by atoms with Crippen molar-refractivity contribution in [1.29, 1.82) is 0 Å². The van der Waals surface area contributed by atoms with Crippen molar-refractivity contribution in [3.63, 3.8) is 0 Å². The lowest BCUT2D eigenvalue weighted by molar-refractivity contribution is 0.219. The largest absolute Gasteiger partial charge is 0.389 e. The highest BCUT2D eigenvalue weighted by Gasteiger charge is 2.00. The summed E-state index contributed by atoms with van der Waals surface area (Å²) in [4.78, 5) is 0.764. The maximum atomic E-state index is 11.7. The zero-order valence-electron chi connectivity index (χ0n) is 9.01. The standard InChI is InChI=1S/C12H16O2S/c1-3-11(13)8-9-15(14)12-6-4-10(2)5-7-12/h4-9,11,13H,3H2,1-2H3/b9-8+/t11-,15?/m1/s1. The van der Waals surface area contributed by atoms with E-state index in [0.29, 0.717) is 6.42 Å². The summed E-state index contributed by atoms with van der Waals surface area (Å²) in [5.74, 6) is 0. The highest BCUT2D eigenvalue weighted by molar-refractivity contribution is 7.88. The first-order valence-corrected chi connectivity index (χ1v) is 6.18. The minimum atomic E-state index is -1.15. The Kier molecular flexibility index (Phi) is 4.72. The molecule has 0 aliphatic carbocycles. The summed E-state index contributed by atoms with van der Waals surface area (Å²) in [7, 11) is -1.15. The second-order valence-electron chi connectivity index (χ2n) is 3.41. The number of aliphatic hydroxyl groups is 1. The molecule has 1 aromatic carbocycles. The lowest BCUT2D eigenvalue weighted by atomic mass is 10.2. The molecular formula is C12H16O2S. The Labute approximate surface area is 93.1 Å². The third-order valence-electron chi connectivity index (χ3n) is 2.10. The van der Waals surface area contributed by atoms with Crippen LogP contribution in [0.5, 0.6) is 0 Å². The smallest absolute Gasteiger partial charge is 0.0773 e. The van der Waals surface area contributed by atoms with Crippen LogP contribution < -0.4 is 0 Å². The highest BCUT2D eigenvalue weighted by atomic mass is 32.2. The molecule has 0 heterocycles. The van der Waals surface area contributed by atoms with Crippen LogP contribution in [0.4, 0.5) is 0 Å². The number of rotatable bonds is 4. The van der Waals surface area contributed by atoms with Crippen LogP contribution in [0.3, 0.4) is 0 Å². The summed E-state index contributed by atoms with van der Waals surface area (Å²) < 4.78 is 11.7. The van der Waals surface area contributed by atoms with Crippen LogP contribution in [0.25, 0.3) is 0 Å². The van der Waals surface area contributed by atoms with Gasteiger partial charge in [0, 0.05) is 10.3 Å². The van der Waals surface area contributed by atoms with Gasteiger partial charge in [-0.3, -0.25) is 0 Å². The number of aryl methyl sites for hydroxylation is 1. The maximum Gasteiger partial charge on any atom is 0.0773 e. The fourth-order valence-electron chi connectivity index (χ4n) is 1.05. The van der Waals surface area contributed by atoms with E-state index in [1.54, 1.807) is 11.5 Å². The molecule has 1 N–H and O–H groups in total. The molecule has 1 unspecified atom stereocenters. The van der Waals surface area contributed by atoms with Gasteiger partial charge in [0.2, 0.25) is 0 Å². The van der Waals surface area contributed by atoms with Gasteiger partial charge in [0.05, 0.1) is 16.9 Å². The van der Waals surface area contributed by atoms with Gasteiger partial charge in [-0.2, -0.15) is 0 Å². The third-order valence-corrected chi connectivity index (χ3v) is 3.24. The number of hydrogen-bond acceptors (Lipinski definition) is 2. The van der Waals surface area contributed by atoms with E-state index in [9.17, 15) is 9.32 Å². The lowest BCUT2D eigenvalue weighted by Gasteiger charge is -2.00. The molecule has 2 atom stereocenters. The second kappa shape index (κ2) is 5.83. The summed E-state index contributed by atoms with van der Waals surface area (Å²) in [6, 6.07) is 7.54. The van der Waals surface area contributed by atoms with Gasteiger partial charge in [0.15, 0.2) is 0 Å². The first-order valence-electron chi connectivity index (χ1n) is 4.97. The van der Waals surface area contributed by atoms with Crippen LogP contribution in [-0.2, 0) is 10.8 Å². The Hall–Kier alpha value is -0.930. The predicted octanol–water partition coefficient (Wildman–Crippen LogP) is 2.39. The van der Waals surface area contributed by atoms with Crippen molar-refractivity contribution in [2.75, 3.05) is 0 Å². The molecule has 0 saturated heterocycles. The molecule has 0 spiro atoms. The van der Waals surface area contributed by atoms with Crippen LogP contribution in [0.15, 0.2) is 40.6 Å². The summed E-state index contributed by atoms with van der Waals surface area (Å²) in [6.07, 6.45) is 1.72. The van der Waals surface area contributed by atoms with E-state index in [0.717, 1.165) is 10.5 Å². The summed E-state index contributed by atoms with van der Waals surface area (Å²) in [5.41, 5.74) is 1.15. The van der Waals surface area contributed by atoms with Gasteiger partial charge in [-0.25, -0.2) is 4.21 Å². The van der Waals surface area contributed by atoms with Crippen LogP contribution in [0, 0.1) is 6.92 Å². The molecule has 0 amide bonds. The van der Waals surface area contributed by atoms with E-state index in [-0.39, 0.29) is 0 Å². The summed E-state index contributed by atoms with van der Waals surface area (Å²) in [6.45, 7) is 3.87. The van der Waals surface area contributed by atoms with Crippen molar-refractivity contribution in [1.82, 2.24) is 0 Å². The van der Waals surface area contributed by atoms with Crippen molar-refractivity contribution in [3.8, 4) is 0 Å². The molecule has 82 valence electrons. The summed E-state index contributed by atoms with van der Waals surface area (Å²) in [5, 5.41) is 10.8. The van der Waals surface area contributed by atoms with Crippen LogP contribution in [0.2, 0.25) is 0 Å². The van der Waals surface area contributed by atoms with E-state index >= 15 is 0 Å². The van der Waals surface area contributed by atoms with E-state index < -0.39 is 16.9 Å². The fraction of sp³-hybridized carbons (Fsp3) is 0.333. The van der Waals surface area contributed by atoms with Gasteiger partial charge in [0.25, 0.3) is 0 Å². The average Bonchev–Trinajstić information content (AvgIpc) is 2.26. The van der Waals surface area contributed by atoms with Crippen molar-refractivity contribution in [3.05, 3.63) is 41.3 Å². The molecular weight excluding hydrogens is 208 g/mol. The van der Waals surface area contributed by atoms with Crippen LogP contribution in [-0.4, -0.2) is 15.4 Å². The molecule has 15 heavy (non-hydrogen) atoms. The zero-order valence-corrected chi connectivity index (χ0v) is 9.83. The minimum Gasteiger partial charge on any atom is -0.389 e. The molecule has 0 aliphatic rings. The first-order chi connectivity index (χ1) is 7.13. The average molecular weight is 224 g/mol. The number of benzene rings is 1. The number of hydrogen-bond donors (Lipinski definition) is 1. The van der Waals surface area contributed by atoms with Gasteiger partial charge in [0.1, 0.15) is 0 Å². The zero-order chi connectivity index (χ0) is 11.3. The van der Waals surface area contributed by atoms with Crippen LogP contribution in [0.1, 0.15) is 18.9 Å². The topological polar surface area (TPSA) is 37.3 Å². The van der Waals surface area contributed by atoms with Crippen LogP contribution >= 0.6 is 0 Å². The summed E-state index contributed by atoms with van der Waals surface area (Å²) >= 11 is 0. The monoisotopic (exact) mass is 224 g/mol. The van der Waals surface area contributed by atoms with Crippen molar-refractivity contribution in [2.45, 2.75) is 31.3 Å². The molecule has 1 aromatic rings. The van der Waals surface area contributed by atoms with Gasteiger partial charge < -0.3 is 5.11 Å². The third kappa shape index (κ3) is 3.98. The van der Waals surface area contributed by atoms with Crippen molar-refractivity contribution >= 4 is 10.8 Å². The highest BCUT2D eigenvalue weighted by Crippen LogP contribution is 2.09. The molecule has 0 saturated carbocycles. The van der Waals surface area contributed by atoms with E-state index in [4.69, 9.17) is 0 Å². The van der Waals surface area contributed by atoms with Gasteiger partial charge in [-0.05, 0) is 31.6 Å². The van der Waals surface area contributed by atoms with Crippen molar-refractivity contribution in [2.24, 2.45) is 0 Å². The molecule has 0 aromatic heterocycles. The lowest BCUT2D eigenvalue weighted by Crippen LogP contribution is -1.99. The molecule has 0 aliphatic heterocycles. The van der Waals surface area contributed by atoms with Crippen molar-refractivity contribution < 1.29 is 9.32 Å². The maximum absolute atomic E-state index is 11.7. The molecule has 0 bridgehead atoms. The van der Waals surface area contributed by atoms with E-state index in [1.165, 1.54) is 0 Å². The van der Waals surface area contributed by atoms with E-state index in [1.807, 2.05) is 38.1 Å². The Morgan fingerprint density at radius 1 is 1.40 bits per heavy atom. The SMILES string of the molecule is CC[C@@H](O)/C=C/S(=O)c1ccc(C)cc1. The Morgan fingerprint density at radius 3 is 2.53 bits per heavy atom. The normalized spacial score (nSPS) is 15.4. The molecule has 0 fully saturated rings. The fourth-order valence-corrected chi connectivity index (χ4v) is 1.93. The molecule has 1 rings (SSSR count). The van der Waals surface area contributed by atoms with Gasteiger partial charge >= 0.3 is 0 Å². The quantitative estimate of drug-likeness (QED) is 0.852. The van der Waals surface area contributed by atoms with E-state index in [2.05, 4.69) is 0 Å². The molecule has 0 radical (unpaired) electrons. The number of aliphatic hydroxyl groups excluding tert-OH is 1.